The fourth-order valence-corrected chi connectivity index (χ4v) is 1.94. The molecule has 94 valence electrons. The van der Waals surface area contributed by atoms with Gasteiger partial charge in [-0.15, -0.1) is 11.6 Å². The summed E-state index contributed by atoms with van der Waals surface area (Å²) in [6, 6.07) is 10.4. The average molecular weight is 265 g/mol. The maximum Gasteiger partial charge on any atom is 0.146 e. The molecule has 2 aromatic rings. The largest absolute Gasteiger partial charge is 0.324 e. The molecular weight excluding hydrogens is 251 g/mol. The van der Waals surface area contributed by atoms with Gasteiger partial charge in [0.25, 0.3) is 0 Å². The van der Waals surface area contributed by atoms with Crippen molar-refractivity contribution in [3.05, 3.63) is 54.0 Å². The number of nitrogens with zero attached hydrogens (tertiary/aromatic N) is 2. The normalized spacial score (nSPS) is 10.4. The SMILES string of the molecule is CCN(c1ccc(CCl)cn1)c1ccccc1F. The zero-order valence-electron chi connectivity index (χ0n) is 10.1. The van der Waals surface area contributed by atoms with Gasteiger partial charge in [-0.05, 0) is 30.7 Å². The van der Waals surface area contributed by atoms with E-state index in [-0.39, 0.29) is 5.82 Å². The highest BCUT2D eigenvalue weighted by molar-refractivity contribution is 6.17. The minimum atomic E-state index is -0.248. The smallest absolute Gasteiger partial charge is 0.146 e. The van der Waals surface area contributed by atoms with E-state index >= 15 is 0 Å². The van der Waals surface area contributed by atoms with Gasteiger partial charge in [-0.1, -0.05) is 18.2 Å². The summed E-state index contributed by atoms with van der Waals surface area (Å²) in [5.41, 5.74) is 1.48. The summed E-state index contributed by atoms with van der Waals surface area (Å²) in [4.78, 5) is 6.14. The second-order valence-corrected chi connectivity index (χ2v) is 4.12. The van der Waals surface area contributed by atoms with E-state index < -0.39 is 0 Å². The lowest BCUT2D eigenvalue weighted by Crippen LogP contribution is -2.18. The summed E-state index contributed by atoms with van der Waals surface area (Å²) < 4.78 is 13.8. The standard InChI is InChI=1S/C14H14ClFN2/c1-2-18(13-6-4-3-5-12(13)16)14-8-7-11(9-15)10-17-14/h3-8,10H,2,9H2,1H3. The summed E-state index contributed by atoms with van der Waals surface area (Å²) in [5, 5.41) is 0. The molecule has 1 aromatic heterocycles. The van der Waals surface area contributed by atoms with E-state index in [9.17, 15) is 4.39 Å². The van der Waals surface area contributed by atoms with Gasteiger partial charge in [-0.3, -0.25) is 0 Å². The summed E-state index contributed by atoms with van der Waals surface area (Å²) in [6.07, 6.45) is 1.71. The first-order chi connectivity index (χ1) is 8.76. The van der Waals surface area contributed by atoms with Crippen LogP contribution in [0.1, 0.15) is 12.5 Å². The second kappa shape index (κ2) is 5.83. The van der Waals surface area contributed by atoms with Crippen LogP contribution in [0.15, 0.2) is 42.6 Å². The van der Waals surface area contributed by atoms with Gasteiger partial charge >= 0.3 is 0 Å². The highest BCUT2D eigenvalue weighted by Crippen LogP contribution is 2.25. The third-order valence-corrected chi connectivity index (χ3v) is 3.01. The highest BCUT2D eigenvalue weighted by Gasteiger charge is 2.12. The monoisotopic (exact) mass is 264 g/mol. The predicted molar refractivity (Wildman–Crippen MR) is 72.9 cm³/mol. The molecule has 0 radical (unpaired) electrons. The van der Waals surface area contributed by atoms with Gasteiger partial charge in [0, 0.05) is 18.6 Å². The predicted octanol–water partition coefficient (Wildman–Crippen LogP) is 4.12. The van der Waals surface area contributed by atoms with Crippen molar-refractivity contribution in [3.8, 4) is 0 Å². The third kappa shape index (κ3) is 2.62. The molecule has 0 saturated carbocycles. The first kappa shape index (κ1) is 12.8. The molecule has 0 N–H and O–H groups in total. The van der Waals surface area contributed by atoms with Gasteiger partial charge in [-0.25, -0.2) is 9.37 Å². The first-order valence-electron chi connectivity index (χ1n) is 5.79. The zero-order chi connectivity index (χ0) is 13.0. The lowest BCUT2D eigenvalue weighted by Gasteiger charge is -2.22. The number of hydrogen-bond acceptors (Lipinski definition) is 2. The molecule has 2 rings (SSSR count). The number of para-hydroxylation sites is 1. The molecule has 0 aliphatic rings. The van der Waals surface area contributed by atoms with E-state index in [1.165, 1.54) is 6.07 Å². The quantitative estimate of drug-likeness (QED) is 0.773. The van der Waals surface area contributed by atoms with E-state index in [1.54, 1.807) is 18.3 Å². The van der Waals surface area contributed by atoms with E-state index in [1.807, 2.05) is 30.0 Å². The Balaban J connectivity index is 2.36. The summed E-state index contributed by atoms with van der Waals surface area (Å²) >= 11 is 5.72. The number of benzene rings is 1. The average Bonchev–Trinajstić information content (AvgIpc) is 2.42. The van der Waals surface area contributed by atoms with E-state index in [2.05, 4.69) is 4.98 Å². The van der Waals surface area contributed by atoms with Crippen molar-refractivity contribution in [1.29, 1.82) is 0 Å². The minimum absolute atomic E-state index is 0.248. The Labute approximate surface area is 111 Å². The van der Waals surface area contributed by atoms with E-state index in [0.29, 0.717) is 18.1 Å². The number of aromatic nitrogens is 1. The number of anilines is 2. The second-order valence-electron chi connectivity index (χ2n) is 3.85. The Morgan fingerprint density at radius 3 is 2.56 bits per heavy atom. The fourth-order valence-electron chi connectivity index (χ4n) is 1.78. The number of rotatable bonds is 4. The van der Waals surface area contributed by atoms with Crippen molar-refractivity contribution in [1.82, 2.24) is 4.98 Å². The summed E-state index contributed by atoms with van der Waals surface area (Å²) in [7, 11) is 0. The van der Waals surface area contributed by atoms with Crippen LogP contribution in [0.25, 0.3) is 0 Å². The molecule has 1 heterocycles. The molecule has 1 aromatic carbocycles. The zero-order valence-corrected chi connectivity index (χ0v) is 10.9. The Bertz CT molecular complexity index is 513. The molecule has 0 unspecified atom stereocenters. The molecule has 0 atom stereocenters. The van der Waals surface area contributed by atoms with Crippen molar-refractivity contribution >= 4 is 23.1 Å². The number of pyridine rings is 1. The van der Waals surface area contributed by atoms with Crippen LogP contribution in [0.3, 0.4) is 0 Å². The Morgan fingerprint density at radius 2 is 2.00 bits per heavy atom. The van der Waals surface area contributed by atoms with Gasteiger partial charge in [0.05, 0.1) is 5.69 Å². The molecule has 0 saturated heterocycles. The van der Waals surface area contributed by atoms with Crippen LogP contribution in [0, 0.1) is 5.82 Å². The molecule has 0 aliphatic carbocycles. The van der Waals surface area contributed by atoms with Crippen LogP contribution in [0.4, 0.5) is 15.9 Å². The van der Waals surface area contributed by atoms with Crippen LogP contribution >= 0.6 is 11.6 Å². The van der Waals surface area contributed by atoms with Crippen molar-refractivity contribution in [2.75, 3.05) is 11.4 Å². The van der Waals surface area contributed by atoms with E-state index in [4.69, 9.17) is 11.6 Å². The molecule has 0 aliphatic heterocycles. The molecular formula is C14H14ClFN2. The van der Waals surface area contributed by atoms with Gasteiger partial charge in [0.2, 0.25) is 0 Å². The molecule has 18 heavy (non-hydrogen) atoms. The van der Waals surface area contributed by atoms with E-state index in [0.717, 1.165) is 11.4 Å². The number of hydrogen-bond donors (Lipinski definition) is 0. The minimum Gasteiger partial charge on any atom is -0.324 e. The Hall–Kier alpha value is -1.61. The van der Waals surface area contributed by atoms with Crippen LogP contribution in [0.5, 0.6) is 0 Å². The van der Waals surface area contributed by atoms with Crippen molar-refractivity contribution in [2.45, 2.75) is 12.8 Å². The number of alkyl halides is 1. The van der Waals surface area contributed by atoms with Gasteiger partial charge in [0.1, 0.15) is 11.6 Å². The summed E-state index contributed by atoms with van der Waals surface area (Å²) in [5.74, 6) is 0.901. The first-order valence-corrected chi connectivity index (χ1v) is 6.32. The van der Waals surface area contributed by atoms with Crippen molar-refractivity contribution in [2.24, 2.45) is 0 Å². The van der Waals surface area contributed by atoms with Gasteiger partial charge in [-0.2, -0.15) is 0 Å². The molecule has 0 bridgehead atoms. The lowest BCUT2D eigenvalue weighted by atomic mass is 10.2. The van der Waals surface area contributed by atoms with Gasteiger partial charge < -0.3 is 4.90 Å². The molecule has 2 nitrogen and oxygen atoms in total. The van der Waals surface area contributed by atoms with Crippen LogP contribution in [0.2, 0.25) is 0 Å². The Kier molecular flexibility index (Phi) is 4.15. The Morgan fingerprint density at radius 1 is 1.22 bits per heavy atom. The molecule has 0 amide bonds. The highest BCUT2D eigenvalue weighted by atomic mass is 35.5. The van der Waals surface area contributed by atoms with Crippen molar-refractivity contribution in [3.63, 3.8) is 0 Å². The fraction of sp³-hybridized carbons (Fsp3) is 0.214. The number of halogens is 2. The maximum absolute atomic E-state index is 13.8. The van der Waals surface area contributed by atoms with Crippen LogP contribution in [-0.4, -0.2) is 11.5 Å². The van der Waals surface area contributed by atoms with Crippen LogP contribution in [-0.2, 0) is 5.88 Å². The lowest BCUT2D eigenvalue weighted by molar-refractivity contribution is 0.625. The van der Waals surface area contributed by atoms with Gasteiger partial charge in [0.15, 0.2) is 0 Å². The topological polar surface area (TPSA) is 16.1 Å². The summed E-state index contributed by atoms with van der Waals surface area (Å²) in [6.45, 7) is 2.61. The molecule has 0 spiro atoms. The third-order valence-electron chi connectivity index (χ3n) is 2.70. The van der Waals surface area contributed by atoms with Crippen LogP contribution < -0.4 is 4.90 Å². The maximum atomic E-state index is 13.8. The molecule has 0 fully saturated rings. The van der Waals surface area contributed by atoms with Crippen molar-refractivity contribution < 1.29 is 4.39 Å². The molecule has 4 heteroatoms.